The zero-order valence-electron chi connectivity index (χ0n) is 17.8. The number of hydrogen-bond acceptors (Lipinski definition) is 3. The summed E-state index contributed by atoms with van der Waals surface area (Å²) in [7, 11) is 1.61. The lowest BCUT2D eigenvalue weighted by Crippen LogP contribution is -2.27. The molecule has 5 heteroatoms. The third-order valence-corrected chi connectivity index (χ3v) is 5.38. The Morgan fingerprint density at radius 2 is 1.86 bits per heavy atom. The fourth-order valence-electron chi connectivity index (χ4n) is 3.28. The first-order chi connectivity index (χ1) is 13.6. The molecule has 0 aliphatic rings. The second kappa shape index (κ2) is 8.03. The number of benzene rings is 2. The van der Waals surface area contributed by atoms with Gasteiger partial charge in [0.25, 0.3) is 5.91 Å². The van der Waals surface area contributed by atoms with Gasteiger partial charge in [0, 0.05) is 27.1 Å². The lowest BCUT2D eigenvalue weighted by molar-refractivity contribution is 0.0940. The standard InChI is InChI=1S/C24H27ClN2O2/c1-14-11-18(19(25)13-21(14)29-6)15(2)26-23(28)17-7-9-20-16(12-17)8-10-22(27-20)24(3,4)5/h7-13,15H,1-6H3,(H,26,28). The molecule has 1 N–H and O–H groups in total. The second-order valence-corrected chi connectivity index (χ2v) is 8.80. The molecule has 1 atom stereocenters. The van der Waals surface area contributed by atoms with Crippen LogP contribution in [0, 0.1) is 6.92 Å². The van der Waals surface area contributed by atoms with Gasteiger partial charge in [-0.15, -0.1) is 0 Å². The van der Waals surface area contributed by atoms with Gasteiger partial charge in [-0.1, -0.05) is 38.4 Å². The molecule has 0 radical (unpaired) electrons. The average molecular weight is 411 g/mol. The zero-order chi connectivity index (χ0) is 21.3. The monoisotopic (exact) mass is 410 g/mol. The first kappa shape index (κ1) is 21.1. The van der Waals surface area contributed by atoms with E-state index in [4.69, 9.17) is 21.3 Å². The van der Waals surface area contributed by atoms with E-state index >= 15 is 0 Å². The predicted molar refractivity (Wildman–Crippen MR) is 119 cm³/mol. The van der Waals surface area contributed by atoms with Crippen LogP contribution in [0.3, 0.4) is 0 Å². The number of rotatable bonds is 4. The highest BCUT2D eigenvalue weighted by Crippen LogP contribution is 2.31. The summed E-state index contributed by atoms with van der Waals surface area (Å²) < 4.78 is 5.30. The number of fused-ring (bicyclic) bond motifs is 1. The third-order valence-electron chi connectivity index (χ3n) is 5.05. The largest absolute Gasteiger partial charge is 0.496 e. The van der Waals surface area contributed by atoms with Crippen LogP contribution >= 0.6 is 11.6 Å². The van der Waals surface area contributed by atoms with Crippen LogP contribution in [-0.2, 0) is 5.41 Å². The Kier molecular flexibility index (Phi) is 5.85. The number of nitrogens with zero attached hydrogens (tertiary/aromatic N) is 1. The number of aryl methyl sites for hydroxylation is 1. The molecule has 0 spiro atoms. The summed E-state index contributed by atoms with van der Waals surface area (Å²) in [6.07, 6.45) is 0. The van der Waals surface area contributed by atoms with Gasteiger partial charge in [0.2, 0.25) is 0 Å². The number of pyridine rings is 1. The van der Waals surface area contributed by atoms with Gasteiger partial charge in [0.1, 0.15) is 5.75 Å². The Morgan fingerprint density at radius 1 is 1.14 bits per heavy atom. The number of halogens is 1. The molecule has 3 aromatic rings. The summed E-state index contributed by atoms with van der Waals surface area (Å²) in [5.41, 5.74) is 4.32. The highest BCUT2D eigenvalue weighted by molar-refractivity contribution is 6.31. The normalized spacial score (nSPS) is 12.7. The smallest absolute Gasteiger partial charge is 0.251 e. The summed E-state index contributed by atoms with van der Waals surface area (Å²) in [4.78, 5) is 17.6. The molecule has 1 amide bonds. The molecule has 0 fully saturated rings. The summed E-state index contributed by atoms with van der Waals surface area (Å²) >= 11 is 6.39. The maximum absolute atomic E-state index is 12.8. The second-order valence-electron chi connectivity index (χ2n) is 8.39. The van der Waals surface area contributed by atoms with Crippen molar-refractivity contribution in [2.24, 2.45) is 0 Å². The fraction of sp³-hybridized carbons (Fsp3) is 0.333. The highest BCUT2D eigenvalue weighted by Gasteiger charge is 2.18. The maximum atomic E-state index is 12.8. The Labute approximate surface area is 177 Å². The first-order valence-electron chi connectivity index (χ1n) is 9.66. The summed E-state index contributed by atoms with van der Waals surface area (Å²) in [6.45, 7) is 10.3. The Bertz CT molecular complexity index is 1070. The highest BCUT2D eigenvalue weighted by atomic mass is 35.5. The van der Waals surface area contributed by atoms with Crippen LogP contribution < -0.4 is 10.1 Å². The molecule has 3 rings (SSSR count). The van der Waals surface area contributed by atoms with Crippen LogP contribution in [0.2, 0.25) is 5.02 Å². The molecular formula is C24H27ClN2O2. The summed E-state index contributed by atoms with van der Waals surface area (Å²) in [6, 6.07) is 13.1. The molecule has 0 aliphatic heterocycles. The first-order valence-corrected chi connectivity index (χ1v) is 10.0. The fourth-order valence-corrected chi connectivity index (χ4v) is 3.60. The van der Waals surface area contributed by atoms with E-state index in [2.05, 4.69) is 26.1 Å². The van der Waals surface area contributed by atoms with E-state index in [1.54, 1.807) is 13.2 Å². The van der Waals surface area contributed by atoms with Crippen LogP contribution in [0.1, 0.15) is 60.9 Å². The van der Waals surface area contributed by atoms with Crippen LogP contribution in [0.5, 0.6) is 5.75 Å². The van der Waals surface area contributed by atoms with Crippen molar-refractivity contribution < 1.29 is 9.53 Å². The summed E-state index contributed by atoms with van der Waals surface area (Å²) in [5.74, 6) is 0.581. The number of ether oxygens (including phenoxy) is 1. The van der Waals surface area contributed by atoms with E-state index in [0.29, 0.717) is 10.6 Å². The lowest BCUT2D eigenvalue weighted by atomic mass is 9.91. The minimum atomic E-state index is -0.239. The van der Waals surface area contributed by atoms with Gasteiger partial charge in [-0.2, -0.15) is 0 Å². The third kappa shape index (κ3) is 4.54. The minimum absolute atomic E-state index is 0.0184. The van der Waals surface area contributed by atoms with Gasteiger partial charge in [-0.25, -0.2) is 0 Å². The number of hydrogen-bond donors (Lipinski definition) is 1. The van der Waals surface area contributed by atoms with Crippen molar-refractivity contribution in [1.82, 2.24) is 10.3 Å². The van der Waals surface area contributed by atoms with Gasteiger partial charge >= 0.3 is 0 Å². The van der Waals surface area contributed by atoms with Crippen molar-refractivity contribution in [1.29, 1.82) is 0 Å². The number of aromatic nitrogens is 1. The van der Waals surface area contributed by atoms with E-state index in [-0.39, 0.29) is 17.4 Å². The molecule has 1 aromatic heterocycles. The zero-order valence-corrected chi connectivity index (χ0v) is 18.5. The Hall–Kier alpha value is -2.59. The van der Waals surface area contributed by atoms with Crippen molar-refractivity contribution in [2.75, 3.05) is 7.11 Å². The quantitative estimate of drug-likeness (QED) is 0.574. The van der Waals surface area contributed by atoms with Crippen LogP contribution in [0.15, 0.2) is 42.5 Å². The molecule has 29 heavy (non-hydrogen) atoms. The maximum Gasteiger partial charge on any atom is 0.251 e. The molecule has 1 heterocycles. The van der Waals surface area contributed by atoms with E-state index < -0.39 is 0 Å². The van der Waals surface area contributed by atoms with E-state index in [9.17, 15) is 4.79 Å². The van der Waals surface area contributed by atoms with Crippen LogP contribution in [-0.4, -0.2) is 18.0 Å². The van der Waals surface area contributed by atoms with Crippen LogP contribution in [0.4, 0.5) is 0 Å². The van der Waals surface area contributed by atoms with E-state index in [1.165, 1.54) is 0 Å². The SMILES string of the molecule is COc1cc(Cl)c(C(C)NC(=O)c2ccc3nc(C(C)(C)C)ccc3c2)cc1C. The van der Waals surface area contributed by atoms with E-state index in [0.717, 1.165) is 33.5 Å². The Morgan fingerprint density at radius 3 is 2.52 bits per heavy atom. The minimum Gasteiger partial charge on any atom is -0.496 e. The van der Waals surface area contributed by atoms with Gasteiger partial charge in [0.05, 0.1) is 18.7 Å². The Balaban J connectivity index is 1.83. The van der Waals surface area contributed by atoms with Gasteiger partial charge in [-0.05, 0) is 61.4 Å². The molecule has 1 unspecified atom stereocenters. The number of nitrogens with one attached hydrogen (secondary N) is 1. The van der Waals surface area contributed by atoms with Crippen molar-refractivity contribution in [3.05, 3.63) is 69.9 Å². The van der Waals surface area contributed by atoms with Crippen molar-refractivity contribution in [3.8, 4) is 5.75 Å². The molecule has 0 saturated heterocycles. The molecule has 2 aromatic carbocycles. The van der Waals surface area contributed by atoms with Crippen molar-refractivity contribution >= 4 is 28.4 Å². The molecule has 152 valence electrons. The number of amides is 1. The molecule has 0 saturated carbocycles. The number of methoxy groups -OCH3 is 1. The lowest BCUT2D eigenvalue weighted by Gasteiger charge is -2.19. The molecular weight excluding hydrogens is 384 g/mol. The number of carbonyl (C=O) groups is 1. The van der Waals surface area contributed by atoms with Gasteiger partial charge in [-0.3, -0.25) is 9.78 Å². The summed E-state index contributed by atoms with van der Waals surface area (Å²) in [5, 5.41) is 4.54. The number of carbonyl (C=O) groups excluding carboxylic acids is 1. The topological polar surface area (TPSA) is 51.2 Å². The van der Waals surface area contributed by atoms with E-state index in [1.807, 2.05) is 50.2 Å². The van der Waals surface area contributed by atoms with Crippen molar-refractivity contribution in [3.63, 3.8) is 0 Å². The van der Waals surface area contributed by atoms with Crippen LogP contribution in [0.25, 0.3) is 10.9 Å². The average Bonchev–Trinajstić information content (AvgIpc) is 2.67. The predicted octanol–water partition coefficient (Wildman–Crippen LogP) is 5.99. The molecule has 0 aliphatic carbocycles. The van der Waals surface area contributed by atoms with Gasteiger partial charge < -0.3 is 10.1 Å². The van der Waals surface area contributed by atoms with Gasteiger partial charge in [0.15, 0.2) is 0 Å². The van der Waals surface area contributed by atoms with Crippen molar-refractivity contribution in [2.45, 2.75) is 46.1 Å². The molecule has 4 nitrogen and oxygen atoms in total. The molecule has 0 bridgehead atoms.